The number of amides is 2. The highest BCUT2D eigenvalue weighted by atomic mass is 35.5. The predicted octanol–water partition coefficient (Wildman–Crippen LogP) is 2.89. The fraction of sp³-hybridized carbons (Fsp3) is 0.318. The number of hydrogen-bond acceptors (Lipinski definition) is 8. The van der Waals surface area contributed by atoms with Gasteiger partial charge in [-0.25, -0.2) is 26.6 Å². The second-order valence-electron chi connectivity index (χ2n) is 8.27. The minimum Gasteiger partial charge on any atom is -0.465 e. The number of halogens is 1. The van der Waals surface area contributed by atoms with E-state index in [1.807, 2.05) is 0 Å². The Kier molecular flexibility index (Phi) is 7.67. The molecular weight excluding hydrogens is 532 g/mol. The van der Waals surface area contributed by atoms with Gasteiger partial charge in [0, 0.05) is 10.7 Å². The topological polar surface area (TPSA) is 143 Å². The molecule has 0 radical (unpaired) electrons. The minimum absolute atomic E-state index is 0.0936. The van der Waals surface area contributed by atoms with Gasteiger partial charge in [0.15, 0.2) is 0 Å². The van der Waals surface area contributed by atoms with E-state index in [1.54, 1.807) is 38.1 Å². The van der Waals surface area contributed by atoms with E-state index in [2.05, 4.69) is 10.4 Å². The molecule has 0 aliphatic carbocycles. The molecule has 1 N–H and O–H groups in total. The van der Waals surface area contributed by atoms with E-state index < -0.39 is 37.5 Å². The molecule has 0 aromatic heterocycles. The van der Waals surface area contributed by atoms with E-state index in [-0.39, 0.29) is 24.5 Å². The summed E-state index contributed by atoms with van der Waals surface area (Å²) < 4.78 is 53.3. The lowest BCUT2D eigenvalue weighted by molar-refractivity contribution is -0.150. The van der Waals surface area contributed by atoms with E-state index in [0.717, 1.165) is 17.5 Å². The first kappa shape index (κ1) is 27.4. The number of hydrogen-bond donors (Lipinski definition) is 1. The average Bonchev–Trinajstić information content (AvgIpc) is 3.13. The maximum atomic E-state index is 13.0. The van der Waals surface area contributed by atoms with Crippen molar-refractivity contribution < 1.29 is 31.2 Å². The number of hydrazone groups is 1. The Labute approximate surface area is 214 Å². The van der Waals surface area contributed by atoms with Crippen molar-refractivity contribution in [3.05, 3.63) is 59.1 Å². The van der Waals surface area contributed by atoms with Crippen LogP contribution in [0.3, 0.4) is 0 Å². The monoisotopic (exact) mass is 556 g/mol. The number of nitrogens with one attached hydrogen (secondary N) is 1. The van der Waals surface area contributed by atoms with Gasteiger partial charge in [0.25, 0.3) is 0 Å². The Morgan fingerprint density at radius 3 is 2.11 bits per heavy atom. The number of benzene rings is 2. The van der Waals surface area contributed by atoms with Gasteiger partial charge in [-0.2, -0.15) is 8.81 Å². The molecule has 1 atom stereocenters. The van der Waals surface area contributed by atoms with Crippen LogP contribution in [0, 0.1) is 5.41 Å². The molecule has 0 saturated heterocycles. The lowest BCUT2D eigenvalue weighted by Crippen LogP contribution is -2.42. The van der Waals surface area contributed by atoms with Crippen LogP contribution in [0.15, 0.2) is 53.6 Å². The summed E-state index contributed by atoms with van der Waals surface area (Å²) in [5, 5.41) is 8.57. The molecule has 11 nitrogen and oxygen atoms in total. The predicted molar refractivity (Wildman–Crippen MR) is 137 cm³/mol. The zero-order chi connectivity index (χ0) is 26.9. The lowest BCUT2D eigenvalue weighted by atomic mass is 9.82. The van der Waals surface area contributed by atoms with Crippen molar-refractivity contribution in [2.24, 2.45) is 10.5 Å². The molecule has 0 saturated carbocycles. The van der Waals surface area contributed by atoms with Gasteiger partial charge in [-0.3, -0.25) is 4.79 Å². The summed E-state index contributed by atoms with van der Waals surface area (Å²) in [6.45, 7) is 3.37. The van der Waals surface area contributed by atoms with Gasteiger partial charge < -0.3 is 10.1 Å². The highest BCUT2D eigenvalue weighted by Gasteiger charge is 2.48. The number of esters is 1. The largest absolute Gasteiger partial charge is 0.465 e. The van der Waals surface area contributed by atoms with Gasteiger partial charge in [0.1, 0.15) is 5.41 Å². The number of nitrogens with zero attached hydrogens (tertiary/aromatic N) is 3. The zero-order valence-corrected chi connectivity index (χ0v) is 22.3. The third kappa shape index (κ3) is 5.79. The number of carbonyl (C=O) groups excluding carboxylic acids is 2. The zero-order valence-electron chi connectivity index (χ0n) is 19.9. The second kappa shape index (κ2) is 10.1. The Bertz CT molecular complexity index is 1380. The maximum Gasteiger partial charge on any atom is 0.342 e. The molecule has 0 spiro atoms. The summed E-state index contributed by atoms with van der Waals surface area (Å²) in [5.74, 6) is -0.542. The molecule has 2 aromatic carbocycles. The van der Waals surface area contributed by atoms with Crippen molar-refractivity contribution in [3.63, 3.8) is 0 Å². The van der Waals surface area contributed by atoms with E-state index in [9.17, 15) is 26.4 Å². The Hall–Kier alpha value is -3.16. The molecule has 1 aliphatic rings. The SMILES string of the molecule is CCOC(=O)C1(C)CN(C(=O)Nc2ccc(N(S(C)(=O)=O)S(C)(=O)=O)cc2)N=C1c1ccc(Cl)cc1. The molecule has 0 bridgehead atoms. The lowest BCUT2D eigenvalue weighted by Gasteiger charge is -2.24. The highest BCUT2D eigenvalue weighted by molar-refractivity contribution is 8.09. The molecule has 0 fully saturated rings. The van der Waals surface area contributed by atoms with Crippen LogP contribution in [0.25, 0.3) is 0 Å². The molecule has 1 heterocycles. The standard InChI is InChI=1S/C22H25ClN4O7S2/c1-5-34-20(28)22(2)14-26(25-19(22)15-6-8-16(23)9-7-15)21(29)24-17-10-12-18(13-11-17)27(35(3,30)31)36(4,32)33/h6-13H,5,14H2,1-4H3,(H,24,29). The molecule has 14 heteroatoms. The highest BCUT2D eigenvalue weighted by Crippen LogP contribution is 2.33. The first-order valence-corrected chi connectivity index (χ1v) is 14.7. The van der Waals surface area contributed by atoms with Crippen molar-refractivity contribution >= 4 is 60.7 Å². The number of urea groups is 1. The third-order valence-electron chi connectivity index (χ3n) is 5.22. The van der Waals surface area contributed by atoms with Crippen LogP contribution in [-0.2, 0) is 29.6 Å². The molecule has 1 aliphatic heterocycles. The number of carbonyl (C=O) groups is 2. The fourth-order valence-electron chi connectivity index (χ4n) is 3.68. The van der Waals surface area contributed by atoms with Crippen LogP contribution in [0.4, 0.5) is 16.2 Å². The summed E-state index contributed by atoms with van der Waals surface area (Å²) in [7, 11) is -8.21. The van der Waals surface area contributed by atoms with Crippen molar-refractivity contribution in [1.82, 2.24) is 5.01 Å². The van der Waals surface area contributed by atoms with E-state index in [1.165, 1.54) is 24.3 Å². The molecule has 2 amide bonds. The quantitative estimate of drug-likeness (QED) is 0.516. The Morgan fingerprint density at radius 2 is 1.61 bits per heavy atom. The molecule has 2 aromatic rings. The minimum atomic E-state index is -4.11. The molecule has 194 valence electrons. The fourth-order valence-corrected chi connectivity index (χ4v) is 6.78. The molecule has 1 unspecified atom stereocenters. The van der Waals surface area contributed by atoms with E-state index in [4.69, 9.17) is 16.3 Å². The van der Waals surface area contributed by atoms with Gasteiger partial charge >= 0.3 is 12.0 Å². The second-order valence-corrected chi connectivity index (χ2v) is 12.6. The van der Waals surface area contributed by atoms with Gasteiger partial charge in [-0.05, 0) is 55.8 Å². The van der Waals surface area contributed by atoms with Gasteiger partial charge in [-0.1, -0.05) is 23.7 Å². The maximum absolute atomic E-state index is 13.0. The van der Waals surface area contributed by atoms with Crippen molar-refractivity contribution in [1.29, 1.82) is 0 Å². The number of rotatable bonds is 7. The van der Waals surface area contributed by atoms with Crippen molar-refractivity contribution in [3.8, 4) is 0 Å². The van der Waals surface area contributed by atoms with Crippen LogP contribution < -0.4 is 9.03 Å². The van der Waals surface area contributed by atoms with Gasteiger partial charge in [-0.15, -0.1) is 0 Å². The number of ether oxygens (including phenoxy) is 1. The summed E-state index contributed by atoms with van der Waals surface area (Å²) in [6, 6.07) is 11.2. The van der Waals surface area contributed by atoms with Crippen LogP contribution in [0.5, 0.6) is 0 Å². The van der Waals surface area contributed by atoms with E-state index >= 15 is 0 Å². The van der Waals surface area contributed by atoms with Crippen LogP contribution in [0.2, 0.25) is 5.02 Å². The van der Waals surface area contributed by atoms with Crippen molar-refractivity contribution in [2.45, 2.75) is 13.8 Å². The van der Waals surface area contributed by atoms with E-state index in [0.29, 0.717) is 20.0 Å². The normalized spacial score (nSPS) is 17.9. The Balaban J connectivity index is 1.87. The first-order chi connectivity index (χ1) is 16.7. The first-order valence-electron chi connectivity index (χ1n) is 10.6. The molecular formula is C22H25ClN4O7S2. The number of sulfonamides is 2. The number of anilines is 2. The summed E-state index contributed by atoms with van der Waals surface area (Å²) in [4.78, 5) is 25.8. The Morgan fingerprint density at radius 1 is 1.06 bits per heavy atom. The van der Waals surface area contributed by atoms with Crippen LogP contribution in [-0.4, -0.2) is 65.2 Å². The summed E-state index contributed by atoms with van der Waals surface area (Å²) in [6.07, 6.45) is 1.54. The van der Waals surface area contributed by atoms with Crippen molar-refractivity contribution in [2.75, 3.05) is 34.7 Å². The molecule has 3 rings (SSSR count). The van der Waals surface area contributed by atoms with Crippen LogP contribution >= 0.6 is 11.6 Å². The van der Waals surface area contributed by atoms with Crippen LogP contribution in [0.1, 0.15) is 19.4 Å². The van der Waals surface area contributed by atoms with Gasteiger partial charge in [0.2, 0.25) is 20.0 Å². The van der Waals surface area contributed by atoms with Gasteiger partial charge in [0.05, 0.1) is 37.1 Å². The molecule has 36 heavy (non-hydrogen) atoms. The average molecular weight is 557 g/mol. The smallest absolute Gasteiger partial charge is 0.342 e. The summed E-state index contributed by atoms with van der Waals surface area (Å²) >= 11 is 5.98. The summed E-state index contributed by atoms with van der Waals surface area (Å²) in [5.41, 5.74) is -0.177. The third-order valence-corrected chi connectivity index (χ3v) is 8.72.